The Morgan fingerprint density at radius 3 is 2.52 bits per heavy atom. The maximum Gasteiger partial charge on any atom is 0.253 e. The first-order chi connectivity index (χ1) is 14.1. The number of benzene rings is 2. The number of nitrogens with zero attached hydrogens (tertiary/aromatic N) is 2. The highest BCUT2D eigenvalue weighted by atomic mass is 19.1. The van der Waals surface area contributed by atoms with Gasteiger partial charge in [0.15, 0.2) is 5.96 Å². The molecule has 3 aromatic rings. The molecule has 29 heavy (non-hydrogen) atoms. The number of aromatic nitrogens is 1. The first kappa shape index (κ1) is 20.1. The topological polar surface area (TPSA) is 98.3 Å². The minimum Gasteiger partial charge on any atom is -0.359 e. The molecule has 0 aliphatic heterocycles. The second-order valence-electron chi connectivity index (χ2n) is 6.29. The Labute approximate surface area is 168 Å². The van der Waals surface area contributed by atoms with Crippen molar-refractivity contribution in [2.24, 2.45) is 4.99 Å². The van der Waals surface area contributed by atoms with Crippen molar-refractivity contribution >= 4 is 17.8 Å². The van der Waals surface area contributed by atoms with Crippen LogP contribution in [0.1, 0.15) is 11.3 Å². The third-order valence-corrected chi connectivity index (χ3v) is 4.31. The number of guanidine groups is 2. The van der Waals surface area contributed by atoms with Crippen LogP contribution in [-0.4, -0.2) is 31.2 Å². The van der Waals surface area contributed by atoms with Crippen molar-refractivity contribution in [3.63, 3.8) is 0 Å². The quantitative estimate of drug-likeness (QED) is 0.393. The predicted octanol–water partition coefficient (Wildman–Crippen LogP) is 3.22. The van der Waals surface area contributed by atoms with Crippen LogP contribution in [0, 0.1) is 11.2 Å². The maximum atomic E-state index is 13.9. The molecule has 0 saturated carbocycles. The van der Waals surface area contributed by atoms with Crippen LogP contribution in [0.25, 0.3) is 11.1 Å². The van der Waals surface area contributed by atoms with Crippen LogP contribution in [0.15, 0.2) is 64.1 Å². The monoisotopic (exact) mass is 394 g/mol. The van der Waals surface area contributed by atoms with Gasteiger partial charge in [-0.2, -0.15) is 4.99 Å². The van der Waals surface area contributed by atoms with Crippen LogP contribution >= 0.6 is 0 Å². The summed E-state index contributed by atoms with van der Waals surface area (Å²) in [5.41, 5.74) is 3.35. The van der Waals surface area contributed by atoms with E-state index in [1.807, 2.05) is 30.3 Å². The van der Waals surface area contributed by atoms with E-state index in [1.165, 1.54) is 6.07 Å². The van der Waals surface area contributed by atoms with Crippen LogP contribution < -0.4 is 16.0 Å². The van der Waals surface area contributed by atoms with E-state index in [2.05, 4.69) is 26.1 Å². The molecule has 0 saturated heterocycles. The van der Waals surface area contributed by atoms with Crippen molar-refractivity contribution in [2.45, 2.75) is 12.8 Å². The van der Waals surface area contributed by atoms with Crippen LogP contribution in [0.4, 0.5) is 10.3 Å². The molecule has 0 spiro atoms. The van der Waals surface area contributed by atoms with E-state index in [0.29, 0.717) is 23.8 Å². The number of halogens is 1. The number of hydrogen-bond donors (Lipinski definition) is 4. The lowest BCUT2D eigenvalue weighted by Crippen LogP contribution is -2.43. The third kappa shape index (κ3) is 5.41. The van der Waals surface area contributed by atoms with Gasteiger partial charge in [0.25, 0.3) is 5.88 Å². The highest BCUT2D eigenvalue weighted by Crippen LogP contribution is 2.23. The molecular weight excluding hydrogens is 371 g/mol. The van der Waals surface area contributed by atoms with Gasteiger partial charge < -0.3 is 15.2 Å². The van der Waals surface area contributed by atoms with Gasteiger partial charge in [-0.1, -0.05) is 47.6 Å². The van der Waals surface area contributed by atoms with Gasteiger partial charge in [0.05, 0.1) is 5.69 Å². The molecule has 1 heterocycles. The fourth-order valence-corrected chi connectivity index (χ4v) is 2.73. The van der Waals surface area contributed by atoms with Crippen molar-refractivity contribution in [1.29, 1.82) is 5.41 Å². The standard InChI is InChI=1S/C21H23FN6O/c1-24-20(23)27-21(25-2)26-19-13-16(28-29-19)12-9-14-7-10-15(11-8-14)17-5-3-4-6-18(17)22/h3-8,10-11,13H,9,12H2,1-2H3,(H4,23,24,25,26,27). The summed E-state index contributed by atoms with van der Waals surface area (Å²) in [4.78, 5) is 4.24. The molecule has 1 aromatic heterocycles. The van der Waals surface area contributed by atoms with Gasteiger partial charge in [-0.05, 0) is 30.0 Å². The minimum absolute atomic E-state index is 0.108. The summed E-state index contributed by atoms with van der Waals surface area (Å²) in [5.74, 6) is 0.597. The number of aryl methyl sites for hydroxylation is 2. The molecule has 0 fully saturated rings. The van der Waals surface area contributed by atoms with Gasteiger partial charge in [0.2, 0.25) is 5.96 Å². The smallest absolute Gasteiger partial charge is 0.253 e. The van der Waals surface area contributed by atoms with Gasteiger partial charge in [-0.25, -0.2) is 4.39 Å². The van der Waals surface area contributed by atoms with E-state index < -0.39 is 0 Å². The molecule has 0 bridgehead atoms. The van der Waals surface area contributed by atoms with Crippen molar-refractivity contribution in [1.82, 2.24) is 21.1 Å². The Morgan fingerprint density at radius 2 is 1.83 bits per heavy atom. The van der Waals surface area contributed by atoms with E-state index in [-0.39, 0.29) is 11.8 Å². The molecule has 0 atom stereocenters. The molecule has 7 nitrogen and oxygen atoms in total. The molecular formula is C21H23FN6O. The van der Waals surface area contributed by atoms with E-state index >= 15 is 0 Å². The zero-order valence-corrected chi connectivity index (χ0v) is 16.3. The Bertz CT molecular complexity index is 996. The van der Waals surface area contributed by atoms with Gasteiger partial charge >= 0.3 is 0 Å². The first-order valence-electron chi connectivity index (χ1n) is 9.18. The highest BCUT2D eigenvalue weighted by molar-refractivity contribution is 5.97. The molecule has 4 N–H and O–H groups in total. The summed E-state index contributed by atoms with van der Waals surface area (Å²) in [6.45, 7) is 0. The number of hydrogen-bond acceptors (Lipinski definition) is 4. The predicted molar refractivity (Wildman–Crippen MR) is 112 cm³/mol. The molecule has 0 radical (unpaired) electrons. The lowest BCUT2D eigenvalue weighted by atomic mass is 10.0. The lowest BCUT2D eigenvalue weighted by Gasteiger charge is -2.07. The fourth-order valence-electron chi connectivity index (χ4n) is 2.73. The molecule has 0 aliphatic rings. The normalized spacial score (nSPS) is 11.2. The summed E-state index contributed by atoms with van der Waals surface area (Å²) in [7, 11) is 3.33. The van der Waals surface area contributed by atoms with Crippen LogP contribution in [0.5, 0.6) is 0 Å². The molecule has 150 valence electrons. The molecule has 8 heteroatoms. The second-order valence-corrected chi connectivity index (χ2v) is 6.29. The third-order valence-electron chi connectivity index (χ3n) is 4.31. The van der Waals surface area contributed by atoms with Crippen LogP contribution in [-0.2, 0) is 12.8 Å². The van der Waals surface area contributed by atoms with Crippen molar-refractivity contribution in [2.75, 3.05) is 14.1 Å². The summed E-state index contributed by atoms with van der Waals surface area (Å²) < 4.78 is 19.1. The van der Waals surface area contributed by atoms with Gasteiger partial charge in [-0.3, -0.25) is 10.7 Å². The largest absolute Gasteiger partial charge is 0.359 e. The minimum atomic E-state index is -0.226. The maximum absolute atomic E-state index is 13.9. The van der Waals surface area contributed by atoms with Gasteiger partial charge in [0, 0.05) is 25.7 Å². The Kier molecular flexibility index (Phi) is 6.57. The highest BCUT2D eigenvalue weighted by Gasteiger charge is 2.07. The van der Waals surface area contributed by atoms with E-state index in [9.17, 15) is 4.39 Å². The number of aliphatic imine (C=N–C) groups is 1. The van der Waals surface area contributed by atoms with Gasteiger partial charge in [-0.15, -0.1) is 0 Å². The molecule has 0 unspecified atom stereocenters. The summed E-state index contributed by atoms with van der Waals surface area (Å²) in [6.07, 6.45) is 1.46. The Hall–Kier alpha value is -3.68. The number of nitrogens with one attached hydrogen (secondary N) is 4. The second kappa shape index (κ2) is 9.50. The first-order valence-corrected chi connectivity index (χ1v) is 9.18. The van der Waals surface area contributed by atoms with Gasteiger partial charge in [0.1, 0.15) is 5.82 Å². The van der Waals surface area contributed by atoms with Crippen molar-refractivity contribution in [3.05, 3.63) is 71.7 Å². The zero-order valence-electron chi connectivity index (χ0n) is 16.3. The SMILES string of the molecule is CNC(=N)NC(=Nc1cc(CCc2ccc(-c3ccccc3F)cc2)no1)NC. The molecule has 0 aliphatic carbocycles. The number of rotatable bonds is 5. The summed E-state index contributed by atoms with van der Waals surface area (Å²) in [6, 6.07) is 16.3. The van der Waals surface area contributed by atoms with Crippen LogP contribution in [0.3, 0.4) is 0 Å². The average Bonchev–Trinajstić information content (AvgIpc) is 3.19. The van der Waals surface area contributed by atoms with E-state index in [4.69, 9.17) is 9.93 Å². The summed E-state index contributed by atoms with van der Waals surface area (Å²) in [5, 5.41) is 19.9. The molecule has 0 amide bonds. The lowest BCUT2D eigenvalue weighted by molar-refractivity contribution is 0.421. The Balaban J connectivity index is 1.61. The van der Waals surface area contributed by atoms with Crippen molar-refractivity contribution in [3.8, 4) is 11.1 Å². The Morgan fingerprint density at radius 1 is 1.07 bits per heavy atom. The average molecular weight is 394 g/mol. The molecule has 3 rings (SSSR count). The zero-order chi connectivity index (χ0) is 20.6. The molecule has 2 aromatic carbocycles. The van der Waals surface area contributed by atoms with Crippen LogP contribution in [0.2, 0.25) is 0 Å². The van der Waals surface area contributed by atoms with E-state index in [0.717, 1.165) is 23.2 Å². The summed E-state index contributed by atoms with van der Waals surface area (Å²) >= 11 is 0. The fraction of sp³-hybridized carbons (Fsp3) is 0.190. The van der Waals surface area contributed by atoms with Crippen molar-refractivity contribution < 1.29 is 8.91 Å². The van der Waals surface area contributed by atoms with E-state index in [1.54, 1.807) is 32.3 Å².